The van der Waals surface area contributed by atoms with E-state index in [0.717, 1.165) is 61.0 Å². The number of ether oxygens (including phenoxy) is 1. The molecule has 5 rings (SSSR count). The first kappa shape index (κ1) is 22.2. The van der Waals surface area contributed by atoms with Crippen LogP contribution in [0.5, 0.6) is 0 Å². The van der Waals surface area contributed by atoms with Crippen molar-refractivity contribution in [2.75, 3.05) is 6.61 Å². The number of hydrogen-bond donors (Lipinski definition) is 1. The molecule has 2 aliphatic rings. The Labute approximate surface area is 194 Å². The third-order valence-corrected chi connectivity index (χ3v) is 7.27. The van der Waals surface area contributed by atoms with Gasteiger partial charge >= 0.3 is 0 Å². The van der Waals surface area contributed by atoms with Gasteiger partial charge in [0.2, 0.25) is 0 Å². The Kier molecular flexibility index (Phi) is 6.55. The molecule has 2 atom stereocenters. The zero-order chi connectivity index (χ0) is 22.8. The number of benzene rings is 1. The van der Waals surface area contributed by atoms with Crippen molar-refractivity contribution in [1.82, 2.24) is 30.1 Å². The molecule has 8 heteroatoms. The van der Waals surface area contributed by atoms with Gasteiger partial charge in [0.25, 0.3) is 5.56 Å². The van der Waals surface area contributed by atoms with Crippen LogP contribution in [-0.4, -0.2) is 48.8 Å². The molecule has 2 aromatic heterocycles. The molecule has 1 saturated heterocycles. The van der Waals surface area contributed by atoms with Crippen LogP contribution < -0.4 is 5.56 Å². The van der Waals surface area contributed by atoms with Crippen LogP contribution in [0.3, 0.4) is 0 Å². The van der Waals surface area contributed by atoms with Gasteiger partial charge in [-0.15, -0.1) is 5.10 Å². The van der Waals surface area contributed by atoms with E-state index in [1.54, 1.807) is 0 Å². The summed E-state index contributed by atoms with van der Waals surface area (Å²) < 4.78 is 7.77. The zero-order valence-corrected chi connectivity index (χ0v) is 19.7. The average molecular weight is 451 g/mol. The molecule has 0 unspecified atom stereocenters. The summed E-state index contributed by atoms with van der Waals surface area (Å²) in [4.78, 5) is 18.6. The molecule has 0 bridgehead atoms. The molecule has 1 aliphatic heterocycles. The van der Waals surface area contributed by atoms with Crippen molar-refractivity contribution in [3.8, 4) is 0 Å². The minimum Gasteiger partial charge on any atom is -0.376 e. The summed E-state index contributed by atoms with van der Waals surface area (Å²) in [5.74, 6) is 0.882. The van der Waals surface area contributed by atoms with Crippen molar-refractivity contribution in [2.24, 2.45) is 0 Å². The van der Waals surface area contributed by atoms with Gasteiger partial charge in [-0.2, -0.15) is 0 Å². The Hall–Kier alpha value is -2.58. The summed E-state index contributed by atoms with van der Waals surface area (Å²) in [6, 6.07) is 8.69. The Morgan fingerprint density at radius 2 is 2.06 bits per heavy atom. The minimum absolute atomic E-state index is 0.0110. The standard InChI is InChI=1S/C25H34N6O2/c1-3-23(24-27-28-29-31(24)16-21-9-6-12-33-21)30(20-7-4-5-8-20)15-19-14-18-13-17(2)10-11-22(18)26-25(19)32/h10-11,13-14,20-21,23H,3-9,12,15-16H2,1-2H3,(H,26,32)/t21-,23-/m1/s1. The summed E-state index contributed by atoms with van der Waals surface area (Å²) in [5, 5.41) is 13.9. The average Bonchev–Trinajstić information content (AvgIpc) is 3.58. The lowest BCUT2D eigenvalue weighted by atomic mass is 10.0. The van der Waals surface area contributed by atoms with Gasteiger partial charge in [0.1, 0.15) is 0 Å². The lowest BCUT2D eigenvalue weighted by molar-refractivity contribution is 0.0839. The number of hydrogen-bond acceptors (Lipinski definition) is 6. The van der Waals surface area contributed by atoms with Crippen LogP contribution in [0.25, 0.3) is 10.9 Å². The number of H-pyrrole nitrogens is 1. The van der Waals surface area contributed by atoms with Gasteiger partial charge in [-0.05, 0) is 73.0 Å². The molecule has 8 nitrogen and oxygen atoms in total. The summed E-state index contributed by atoms with van der Waals surface area (Å²) >= 11 is 0. The van der Waals surface area contributed by atoms with E-state index in [0.29, 0.717) is 19.1 Å². The maximum Gasteiger partial charge on any atom is 0.252 e. The topological polar surface area (TPSA) is 88.9 Å². The summed E-state index contributed by atoms with van der Waals surface area (Å²) in [7, 11) is 0. The summed E-state index contributed by atoms with van der Waals surface area (Å²) in [6.45, 7) is 6.36. The maximum atomic E-state index is 13.0. The highest BCUT2D eigenvalue weighted by atomic mass is 16.5. The van der Waals surface area contributed by atoms with Crippen LogP contribution in [0.15, 0.2) is 29.1 Å². The zero-order valence-electron chi connectivity index (χ0n) is 19.7. The molecule has 0 spiro atoms. The lowest BCUT2D eigenvalue weighted by Gasteiger charge is -2.35. The largest absolute Gasteiger partial charge is 0.376 e. The van der Waals surface area contributed by atoms with E-state index < -0.39 is 0 Å². The van der Waals surface area contributed by atoms with E-state index in [4.69, 9.17) is 4.74 Å². The van der Waals surface area contributed by atoms with E-state index in [2.05, 4.69) is 51.4 Å². The SMILES string of the molecule is CC[C@H](c1nnnn1C[C@H]1CCCO1)N(Cc1cc2cc(C)ccc2[nH]c1=O)C1CCCC1. The number of pyridine rings is 1. The monoisotopic (exact) mass is 450 g/mol. The van der Waals surface area contributed by atoms with Crippen molar-refractivity contribution in [2.45, 2.75) is 90.1 Å². The molecular weight excluding hydrogens is 416 g/mol. The van der Waals surface area contributed by atoms with Crippen LogP contribution in [0.2, 0.25) is 0 Å². The molecule has 2 fully saturated rings. The molecule has 1 saturated carbocycles. The van der Waals surface area contributed by atoms with Crippen LogP contribution in [0, 0.1) is 6.92 Å². The van der Waals surface area contributed by atoms with Crippen LogP contribution in [0.4, 0.5) is 0 Å². The number of rotatable bonds is 8. The van der Waals surface area contributed by atoms with E-state index in [1.807, 2.05) is 16.8 Å². The molecule has 176 valence electrons. The van der Waals surface area contributed by atoms with Gasteiger partial charge in [-0.1, -0.05) is 31.4 Å². The normalized spacial score (nSPS) is 20.3. The van der Waals surface area contributed by atoms with Crippen molar-refractivity contribution in [3.63, 3.8) is 0 Å². The first-order valence-corrected chi connectivity index (χ1v) is 12.4. The van der Waals surface area contributed by atoms with Crippen molar-refractivity contribution < 1.29 is 4.74 Å². The molecular formula is C25H34N6O2. The van der Waals surface area contributed by atoms with E-state index >= 15 is 0 Å². The third-order valence-electron chi connectivity index (χ3n) is 7.27. The van der Waals surface area contributed by atoms with Crippen LogP contribution in [0.1, 0.15) is 74.9 Å². The maximum absolute atomic E-state index is 13.0. The molecule has 3 heterocycles. The van der Waals surface area contributed by atoms with Crippen LogP contribution >= 0.6 is 0 Å². The molecule has 0 amide bonds. The highest BCUT2D eigenvalue weighted by Gasteiger charge is 2.33. The van der Waals surface area contributed by atoms with Crippen molar-refractivity contribution in [1.29, 1.82) is 0 Å². The highest BCUT2D eigenvalue weighted by molar-refractivity contribution is 5.79. The number of nitrogens with zero attached hydrogens (tertiary/aromatic N) is 5. The van der Waals surface area contributed by atoms with Gasteiger partial charge in [0.05, 0.1) is 18.7 Å². The predicted molar refractivity (Wildman–Crippen MR) is 127 cm³/mol. The first-order chi connectivity index (χ1) is 16.1. The van der Waals surface area contributed by atoms with Gasteiger partial charge in [-0.3, -0.25) is 9.69 Å². The Morgan fingerprint density at radius 1 is 1.21 bits per heavy atom. The number of aromatic nitrogens is 5. The van der Waals surface area contributed by atoms with Crippen molar-refractivity contribution >= 4 is 10.9 Å². The van der Waals surface area contributed by atoms with E-state index in [9.17, 15) is 4.79 Å². The predicted octanol–water partition coefficient (Wildman–Crippen LogP) is 3.90. The number of aromatic amines is 1. The molecule has 33 heavy (non-hydrogen) atoms. The van der Waals surface area contributed by atoms with Gasteiger partial charge < -0.3 is 9.72 Å². The van der Waals surface area contributed by atoms with Crippen molar-refractivity contribution in [3.05, 3.63) is 51.6 Å². The fourth-order valence-corrected chi connectivity index (χ4v) is 5.54. The van der Waals surface area contributed by atoms with Gasteiger partial charge in [0, 0.05) is 30.3 Å². The second-order valence-electron chi connectivity index (χ2n) is 9.60. The smallest absolute Gasteiger partial charge is 0.252 e. The number of tetrazole rings is 1. The molecule has 3 aromatic rings. The Balaban J connectivity index is 1.48. The minimum atomic E-state index is -0.0110. The number of fused-ring (bicyclic) bond motifs is 1. The first-order valence-electron chi connectivity index (χ1n) is 12.4. The third kappa shape index (κ3) is 4.73. The molecule has 1 aliphatic carbocycles. The fourth-order valence-electron chi connectivity index (χ4n) is 5.54. The highest BCUT2D eigenvalue weighted by Crippen LogP contribution is 2.34. The van der Waals surface area contributed by atoms with E-state index in [-0.39, 0.29) is 17.7 Å². The molecule has 0 radical (unpaired) electrons. The quantitative estimate of drug-likeness (QED) is 0.560. The number of nitrogens with one attached hydrogen (secondary N) is 1. The second-order valence-corrected chi connectivity index (χ2v) is 9.60. The van der Waals surface area contributed by atoms with Gasteiger partial charge in [0.15, 0.2) is 5.82 Å². The number of aryl methyl sites for hydroxylation is 1. The van der Waals surface area contributed by atoms with Crippen LogP contribution in [-0.2, 0) is 17.8 Å². The summed E-state index contributed by atoms with van der Waals surface area (Å²) in [5.41, 5.74) is 2.86. The lowest BCUT2D eigenvalue weighted by Crippen LogP contribution is -2.39. The second kappa shape index (κ2) is 9.73. The Bertz CT molecular complexity index is 1140. The molecule has 1 N–H and O–H groups in total. The summed E-state index contributed by atoms with van der Waals surface area (Å²) in [6.07, 6.45) is 7.95. The molecule has 1 aromatic carbocycles. The van der Waals surface area contributed by atoms with E-state index in [1.165, 1.54) is 18.4 Å². The Morgan fingerprint density at radius 3 is 2.82 bits per heavy atom. The fraction of sp³-hybridized carbons (Fsp3) is 0.600. The van der Waals surface area contributed by atoms with Gasteiger partial charge in [-0.25, -0.2) is 4.68 Å².